The van der Waals surface area contributed by atoms with Gasteiger partial charge < -0.3 is 5.32 Å². The molecule has 1 aromatic carbocycles. The zero-order valence-corrected chi connectivity index (χ0v) is 12.5. The van der Waals surface area contributed by atoms with Gasteiger partial charge >= 0.3 is 0 Å². The van der Waals surface area contributed by atoms with Crippen molar-refractivity contribution >= 4 is 0 Å². The first-order valence-corrected chi connectivity index (χ1v) is 7.37. The van der Waals surface area contributed by atoms with E-state index in [1.54, 1.807) is 0 Å². The van der Waals surface area contributed by atoms with Crippen molar-refractivity contribution in [2.24, 2.45) is 5.92 Å². The van der Waals surface area contributed by atoms with Gasteiger partial charge in [-0.2, -0.15) is 0 Å². The third kappa shape index (κ3) is 3.55. The van der Waals surface area contributed by atoms with Gasteiger partial charge in [0.2, 0.25) is 0 Å². The Labute approximate surface area is 120 Å². The summed E-state index contributed by atoms with van der Waals surface area (Å²) >= 11 is 0. The smallest absolute Gasteiger partial charge is 0.128 e. The van der Waals surface area contributed by atoms with Crippen LogP contribution in [0.15, 0.2) is 18.2 Å². The van der Waals surface area contributed by atoms with Crippen molar-refractivity contribution in [1.82, 2.24) is 10.2 Å². The fourth-order valence-electron chi connectivity index (χ4n) is 3.09. The highest BCUT2D eigenvalue weighted by atomic mass is 19.1. The summed E-state index contributed by atoms with van der Waals surface area (Å²) in [6.45, 7) is 5.97. The zero-order valence-electron chi connectivity index (χ0n) is 12.5. The molecule has 2 nitrogen and oxygen atoms in total. The molecule has 0 bridgehead atoms. The molecule has 0 spiro atoms. The van der Waals surface area contributed by atoms with Crippen molar-refractivity contribution in [2.45, 2.75) is 38.8 Å². The molecule has 0 saturated carbocycles. The number of nitrogens with one attached hydrogen (secondary N) is 1. The normalized spacial score (nSPS) is 24.3. The van der Waals surface area contributed by atoms with E-state index in [2.05, 4.69) is 24.1 Å². The maximum atomic E-state index is 14.1. The van der Waals surface area contributed by atoms with E-state index >= 15 is 0 Å². The van der Waals surface area contributed by atoms with Gasteiger partial charge in [-0.15, -0.1) is 0 Å². The summed E-state index contributed by atoms with van der Waals surface area (Å²) in [6.07, 6.45) is 2.15. The lowest BCUT2D eigenvalue weighted by atomic mass is 9.84. The second kappa shape index (κ2) is 6.64. The second-order valence-electron chi connectivity index (χ2n) is 6.06. The van der Waals surface area contributed by atoms with Crippen molar-refractivity contribution in [3.63, 3.8) is 0 Å². The van der Waals surface area contributed by atoms with Crippen LogP contribution in [0, 0.1) is 17.6 Å². The third-order valence-electron chi connectivity index (χ3n) is 4.07. The van der Waals surface area contributed by atoms with Crippen LogP contribution in [0.5, 0.6) is 0 Å². The van der Waals surface area contributed by atoms with E-state index in [-0.39, 0.29) is 17.7 Å². The molecule has 1 fully saturated rings. The highest BCUT2D eigenvalue weighted by Crippen LogP contribution is 2.36. The van der Waals surface area contributed by atoms with Crippen LogP contribution in [0.2, 0.25) is 0 Å². The molecule has 0 aromatic heterocycles. The molecule has 1 aliphatic heterocycles. The summed E-state index contributed by atoms with van der Waals surface area (Å²) in [6, 6.07) is 4.12. The molecule has 112 valence electrons. The Bertz CT molecular complexity index is 448. The minimum absolute atomic E-state index is 0.0503. The number of piperidine rings is 1. The van der Waals surface area contributed by atoms with Crippen molar-refractivity contribution in [3.05, 3.63) is 35.4 Å². The molecule has 2 unspecified atom stereocenters. The molecule has 0 amide bonds. The van der Waals surface area contributed by atoms with E-state index in [1.165, 1.54) is 18.2 Å². The molecule has 20 heavy (non-hydrogen) atoms. The van der Waals surface area contributed by atoms with Gasteiger partial charge in [0, 0.05) is 24.2 Å². The number of likely N-dealkylation sites (tertiary alicyclic amines) is 1. The Morgan fingerprint density at radius 2 is 2.10 bits per heavy atom. The van der Waals surface area contributed by atoms with Crippen LogP contribution in [0.3, 0.4) is 0 Å². The number of rotatable bonds is 4. The van der Waals surface area contributed by atoms with Crippen LogP contribution in [-0.4, -0.2) is 31.1 Å². The van der Waals surface area contributed by atoms with Crippen LogP contribution >= 0.6 is 0 Å². The van der Waals surface area contributed by atoms with Crippen molar-refractivity contribution in [3.8, 4) is 0 Å². The maximum Gasteiger partial charge on any atom is 0.128 e. The van der Waals surface area contributed by atoms with E-state index in [0.717, 1.165) is 25.9 Å². The van der Waals surface area contributed by atoms with Gasteiger partial charge in [0.05, 0.1) is 0 Å². The quantitative estimate of drug-likeness (QED) is 0.911. The second-order valence-corrected chi connectivity index (χ2v) is 6.06. The van der Waals surface area contributed by atoms with Gasteiger partial charge in [-0.05, 0) is 50.6 Å². The van der Waals surface area contributed by atoms with Crippen molar-refractivity contribution in [2.75, 3.05) is 20.1 Å². The third-order valence-corrected chi connectivity index (χ3v) is 4.07. The van der Waals surface area contributed by atoms with Gasteiger partial charge in [-0.3, -0.25) is 4.90 Å². The summed E-state index contributed by atoms with van der Waals surface area (Å²) in [7, 11) is 2.00. The highest BCUT2D eigenvalue weighted by Gasteiger charge is 2.32. The first kappa shape index (κ1) is 15.4. The minimum Gasteiger partial charge on any atom is -0.314 e. The topological polar surface area (TPSA) is 15.3 Å². The Morgan fingerprint density at radius 1 is 1.35 bits per heavy atom. The van der Waals surface area contributed by atoms with Crippen molar-refractivity contribution in [1.29, 1.82) is 0 Å². The number of hydrogen-bond donors (Lipinski definition) is 1. The van der Waals surface area contributed by atoms with Gasteiger partial charge in [0.25, 0.3) is 0 Å². The largest absolute Gasteiger partial charge is 0.314 e. The minimum atomic E-state index is -0.365. The van der Waals surface area contributed by atoms with Gasteiger partial charge in [0.15, 0.2) is 0 Å². The standard InChI is InChI=1S/C16H24F2N2/c1-11(2)19-10-12-5-4-8-20(3)16(12)14-9-13(17)6-7-15(14)18/h6-7,9,11-12,16,19H,4-5,8,10H2,1-3H3. The first-order valence-electron chi connectivity index (χ1n) is 7.37. The van der Waals surface area contributed by atoms with Crippen LogP contribution < -0.4 is 5.32 Å². The lowest BCUT2D eigenvalue weighted by Gasteiger charge is -2.40. The Morgan fingerprint density at radius 3 is 2.80 bits per heavy atom. The summed E-state index contributed by atoms with van der Waals surface area (Å²) in [4.78, 5) is 2.15. The lowest BCUT2D eigenvalue weighted by molar-refractivity contribution is 0.115. The monoisotopic (exact) mass is 282 g/mol. The summed E-state index contributed by atoms with van der Waals surface area (Å²) in [5.74, 6) is -0.358. The molecule has 1 saturated heterocycles. The van der Waals surface area contributed by atoms with Crippen molar-refractivity contribution < 1.29 is 8.78 Å². The molecular weight excluding hydrogens is 258 g/mol. The Hall–Kier alpha value is -1.00. The summed E-state index contributed by atoms with van der Waals surface area (Å²) in [5.41, 5.74) is 0.489. The van der Waals surface area contributed by atoms with Gasteiger partial charge in [-0.1, -0.05) is 13.8 Å². The van der Waals surface area contributed by atoms with Crippen LogP contribution in [0.25, 0.3) is 0 Å². The van der Waals surface area contributed by atoms with E-state index in [4.69, 9.17) is 0 Å². The average Bonchev–Trinajstić information content (AvgIpc) is 2.39. The van der Waals surface area contributed by atoms with E-state index in [9.17, 15) is 8.78 Å². The molecular formula is C16H24F2N2. The molecule has 1 aromatic rings. The molecule has 2 rings (SSSR count). The summed E-state index contributed by atoms with van der Waals surface area (Å²) < 4.78 is 27.6. The van der Waals surface area contributed by atoms with Crippen LogP contribution in [-0.2, 0) is 0 Å². The predicted molar refractivity (Wildman–Crippen MR) is 77.6 cm³/mol. The lowest BCUT2D eigenvalue weighted by Crippen LogP contribution is -2.42. The zero-order chi connectivity index (χ0) is 14.7. The Kier molecular flexibility index (Phi) is 5.11. The number of nitrogens with zero attached hydrogens (tertiary/aromatic N) is 1. The van der Waals surface area contributed by atoms with E-state index in [0.29, 0.717) is 17.5 Å². The van der Waals surface area contributed by atoms with E-state index in [1.807, 2.05) is 7.05 Å². The molecule has 4 heteroatoms. The fourth-order valence-corrected chi connectivity index (χ4v) is 3.09. The first-order chi connectivity index (χ1) is 9.49. The fraction of sp³-hybridized carbons (Fsp3) is 0.625. The average molecular weight is 282 g/mol. The molecule has 1 aliphatic rings. The van der Waals surface area contributed by atoms with Gasteiger partial charge in [0.1, 0.15) is 11.6 Å². The molecule has 1 heterocycles. The molecule has 0 radical (unpaired) electrons. The van der Waals surface area contributed by atoms with Gasteiger partial charge in [-0.25, -0.2) is 8.78 Å². The number of halogens is 2. The van der Waals surface area contributed by atoms with E-state index < -0.39 is 0 Å². The molecule has 2 atom stereocenters. The van der Waals surface area contributed by atoms with Crippen LogP contribution in [0.1, 0.15) is 38.3 Å². The number of hydrogen-bond acceptors (Lipinski definition) is 2. The number of benzene rings is 1. The van der Waals surface area contributed by atoms with Crippen LogP contribution in [0.4, 0.5) is 8.78 Å². The predicted octanol–water partition coefficient (Wildman–Crippen LogP) is 3.35. The molecule has 1 N–H and O–H groups in total. The highest BCUT2D eigenvalue weighted by molar-refractivity contribution is 5.24. The SMILES string of the molecule is CC(C)NCC1CCCN(C)C1c1cc(F)ccc1F. The Balaban J connectivity index is 2.24. The summed E-state index contributed by atoms with van der Waals surface area (Å²) in [5, 5.41) is 3.43. The maximum absolute atomic E-state index is 14.1. The molecule has 0 aliphatic carbocycles.